The molecular weight excluding hydrogens is 366 g/mol. The zero-order chi connectivity index (χ0) is 20.9. The van der Waals surface area contributed by atoms with Crippen LogP contribution in [0.5, 0.6) is 5.75 Å². The number of aryl methyl sites for hydroxylation is 3. The Kier molecular flexibility index (Phi) is 10.1. The lowest BCUT2D eigenvalue weighted by atomic mass is 10.1. The summed E-state index contributed by atoms with van der Waals surface area (Å²) in [5, 5.41) is 6.73. The molecule has 29 heavy (non-hydrogen) atoms. The van der Waals surface area contributed by atoms with Crippen LogP contribution in [-0.2, 0) is 17.8 Å². The van der Waals surface area contributed by atoms with E-state index in [-0.39, 0.29) is 0 Å². The molecule has 0 saturated carbocycles. The van der Waals surface area contributed by atoms with E-state index in [2.05, 4.69) is 52.2 Å². The molecule has 1 aromatic heterocycles. The van der Waals surface area contributed by atoms with Gasteiger partial charge in [0.2, 0.25) is 0 Å². The van der Waals surface area contributed by atoms with Crippen molar-refractivity contribution in [2.45, 2.75) is 46.7 Å². The molecule has 0 aliphatic heterocycles. The first-order chi connectivity index (χ1) is 14.1. The second kappa shape index (κ2) is 12.8. The van der Waals surface area contributed by atoms with Gasteiger partial charge in [-0.1, -0.05) is 12.1 Å². The Morgan fingerprint density at radius 2 is 2.03 bits per heavy atom. The van der Waals surface area contributed by atoms with Crippen molar-refractivity contribution in [3.63, 3.8) is 0 Å². The number of hydrogen-bond donors (Lipinski definition) is 2. The Morgan fingerprint density at radius 3 is 2.76 bits per heavy atom. The average molecular weight is 402 g/mol. The minimum absolute atomic E-state index is 0.533. The number of methoxy groups -OCH3 is 1. The summed E-state index contributed by atoms with van der Waals surface area (Å²) in [6, 6.07) is 6.23. The highest BCUT2D eigenvalue weighted by Gasteiger charge is 2.05. The number of ether oxygens (including phenoxy) is 2. The second-order valence-corrected chi connectivity index (χ2v) is 6.95. The lowest BCUT2D eigenvalue weighted by molar-refractivity contribution is 0.145. The van der Waals surface area contributed by atoms with Gasteiger partial charge in [-0.3, -0.25) is 0 Å². The quantitative estimate of drug-likeness (QED) is 0.325. The third kappa shape index (κ3) is 8.15. The number of nitrogens with zero attached hydrogens (tertiary/aromatic N) is 3. The normalized spacial score (nSPS) is 11.5. The predicted octanol–water partition coefficient (Wildman–Crippen LogP) is 3.06. The molecule has 0 bridgehead atoms. The number of benzene rings is 1. The van der Waals surface area contributed by atoms with E-state index in [9.17, 15) is 0 Å². The molecule has 0 spiro atoms. The molecular formula is C22H35N5O2. The van der Waals surface area contributed by atoms with Gasteiger partial charge in [0.1, 0.15) is 18.2 Å². The SMILES string of the molecule is CCNC(=NCc1ccc(C)cc1OCCOC)NCCCCn1ccnc1C. The van der Waals surface area contributed by atoms with Crippen molar-refractivity contribution >= 4 is 5.96 Å². The summed E-state index contributed by atoms with van der Waals surface area (Å²) in [5.41, 5.74) is 2.24. The van der Waals surface area contributed by atoms with E-state index in [0.717, 1.165) is 55.6 Å². The molecule has 1 heterocycles. The van der Waals surface area contributed by atoms with Gasteiger partial charge in [0, 0.05) is 44.7 Å². The Hall–Kier alpha value is -2.54. The highest BCUT2D eigenvalue weighted by Crippen LogP contribution is 2.21. The third-order valence-electron chi connectivity index (χ3n) is 4.56. The van der Waals surface area contributed by atoms with Gasteiger partial charge in [-0.05, 0) is 45.2 Å². The number of aromatic nitrogens is 2. The number of rotatable bonds is 12. The fourth-order valence-corrected chi connectivity index (χ4v) is 2.92. The molecule has 0 atom stereocenters. The molecule has 7 heteroatoms. The van der Waals surface area contributed by atoms with Crippen LogP contribution in [0.2, 0.25) is 0 Å². The maximum atomic E-state index is 5.87. The maximum Gasteiger partial charge on any atom is 0.191 e. The van der Waals surface area contributed by atoms with Gasteiger partial charge in [0.05, 0.1) is 13.2 Å². The minimum atomic E-state index is 0.533. The molecule has 0 amide bonds. The lowest BCUT2D eigenvalue weighted by Gasteiger charge is -2.14. The first-order valence-corrected chi connectivity index (χ1v) is 10.3. The molecule has 160 valence electrons. The van der Waals surface area contributed by atoms with Crippen LogP contribution in [0.3, 0.4) is 0 Å². The predicted molar refractivity (Wildman–Crippen MR) is 118 cm³/mol. The van der Waals surface area contributed by atoms with Gasteiger partial charge in [-0.2, -0.15) is 0 Å². The van der Waals surface area contributed by atoms with E-state index < -0.39 is 0 Å². The van der Waals surface area contributed by atoms with E-state index in [1.54, 1.807) is 7.11 Å². The summed E-state index contributed by atoms with van der Waals surface area (Å²) >= 11 is 0. The maximum absolute atomic E-state index is 5.87. The van der Waals surface area contributed by atoms with Gasteiger partial charge in [0.25, 0.3) is 0 Å². The largest absolute Gasteiger partial charge is 0.491 e. The van der Waals surface area contributed by atoms with Crippen LogP contribution in [-0.4, -0.2) is 48.9 Å². The summed E-state index contributed by atoms with van der Waals surface area (Å²) in [4.78, 5) is 8.99. The summed E-state index contributed by atoms with van der Waals surface area (Å²) in [6.45, 7) is 10.5. The molecule has 0 unspecified atom stereocenters. The van der Waals surface area contributed by atoms with E-state index in [4.69, 9.17) is 14.5 Å². The smallest absolute Gasteiger partial charge is 0.191 e. The number of guanidine groups is 1. The third-order valence-corrected chi connectivity index (χ3v) is 4.56. The molecule has 0 fully saturated rings. The van der Waals surface area contributed by atoms with Crippen molar-refractivity contribution in [2.24, 2.45) is 4.99 Å². The Labute approximate surface area is 174 Å². The van der Waals surface area contributed by atoms with Gasteiger partial charge in [-0.25, -0.2) is 9.98 Å². The number of imidazole rings is 1. The van der Waals surface area contributed by atoms with Gasteiger partial charge >= 0.3 is 0 Å². The minimum Gasteiger partial charge on any atom is -0.491 e. The lowest BCUT2D eigenvalue weighted by Crippen LogP contribution is -2.37. The molecule has 1 aromatic carbocycles. The fourth-order valence-electron chi connectivity index (χ4n) is 2.92. The van der Waals surface area contributed by atoms with Crippen molar-refractivity contribution < 1.29 is 9.47 Å². The van der Waals surface area contributed by atoms with Crippen LogP contribution in [0, 0.1) is 13.8 Å². The van der Waals surface area contributed by atoms with Crippen molar-refractivity contribution in [3.8, 4) is 5.75 Å². The fraction of sp³-hybridized carbons (Fsp3) is 0.545. The van der Waals surface area contributed by atoms with Gasteiger partial charge in [-0.15, -0.1) is 0 Å². The Morgan fingerprint density at radius 1 is 1.17 bits per heavy atom. The van der Waals surface area contributed by atoms with E-state index in [1.807, 2.05) is 19.3 Å². The summed E-state index contributed by atoms with van der Waals surface area (Å²) < 4.78 is 13.1. The number of aliphatic imine (C=N–C) groups is 1. The first-order valence-electron chi connectivity index (χ1n) is 10.3. The zero-order valence-corrected chi connectivity index (χ0v) is 18.2. The van der Waals surface area contributed by atoms with Gasteiger partial charge in [0.15, 0.2) is 5.96 Å². The van der Waals surface area contributed by atoms with Crippen molar-refractivity contribution in [1.29, 1.82) is 0 Å². The topological polar surface area (TPSA) is 72.7 Å². The van der Waals surface area contributed by atoms with E-state index in [0.29, 0.717) is 19.8 Å². The first kappa shape index (κ1) is 22.7. The van der Waals surface area contributed by atoms with Crippen LogP contribution in [0.4, 0.5) is 0 Å². The molecule has 0 aliphatic carbocycles. The van der Waals surface area contributed by atoms with Crippen molar-refractivity contribution in [2.75, 3.05) is 33.4 Å². The van der Waals surface area contributed by atoms with Gasteiger partial charge < -0.3 is 24.7 Å². The Balaban J connectivity index is 1.85. The number of unbranched alkanes of at least 4 members (excludes halogenated alkanes) is 1. The molecule has 0 saturated heterocycles. The summed E-state index contributed by atoms with van der Waals surface area (Å²) in [6.07, 6.45) is 6.04. The van der Waals surface area contributed by atoms with Crippen molar-refractivity contribution in [1.82, 2.24) is 20.2 Å². The molecule has 2 rings (SSSR count). The van der Waals surface area contributed by atoms with Crippen LogP contribution < -0.4 is 15.4 Å². The molecule has 0 aliphatic rings. The highest BCUT2D eigenvalue weighted by atomic mass is 16.5. The monoisotopic (exact) mass is 401 g/mol. The second-order valence-electron chi connectivity index (χ2n) is 6.95. The summed E-state index contributed by atoms with van der Waals surface area (Å²) in [5.74, 6) is 2.77. The number of hydrogen-bond acceptors (Lipinski definition) is 4. The highest BCUT2D eigenvalue weighted by molar-refractivity contribution is 5.79. The molecule has 2 N–H and O–H groups in total. The molecule has 0 radical (unpaired) electrons. The number of nitrogens with one attached hydrogen (secondary N) is 2. The van der Waals surface area contributed by atoms with Crippen molar-refractivity contribution in [3.05, 3.63) is 47.5 Å². The van der Waals surface area contributed by atoms with Crippen LogP contribution in [0.25, 0.3) is 0 Å². The van der Waals surface area contributed by atoms with E-state index in [1.165, 1.54) is 5.56 Å². The summed E-state index contributed by atoms with van der Waals surface area (Å²) in [7, 11) is 1.68. The standard InChI is InChI=1S/C22H35N5O2/c1-5-23-22(25-10-6-7-12-27-13-11-24-19(27)3)26-17-20-9-8-18(2)16-21(20)29-15-14-28-4/h8-9,11,13,16H,5-7,10,12,14-15,17H2,1-4H3,(H2,23,25,26). The van der Waals surface area contributed by atoms with Crippen LogP contribution >= 0.6 is 0 Å². The average Bonchev–Trinajstić information content (AvgIpc) is 3.12. The Bertz CT molecular complexity index is 757. The van der Waals surface area contributed by atoms with Crippen LogP contribution in [0.15, 0.2) is 35.6 Å². The zero-order valence-electron chi connectivity index (χ0n) is 18.2. The van der Waals surface area contributed by atoms with Crippen LogP contribution in [0.1, 0.15) is 36.7 Å². The van der Waals surface area contributed by atoms with E-state index >= 15 is 0 Å². The molecule has 2 aromatic rings. The molecule has 7 nitrogen and oxygen atoms in total.